The Morgan fingerprint density at radius 2 is 1.55 bits per heavy atom. The minimum Gasteiger partial charge on any atom is -0.339 e. The summed E-state index contributed by atoms with van der Waals surface area (Å²) in [6, 6.07) is 17.8. The molecule has 4 nitrogen and oxygen atoms in total. The number of likely N-dealkylation sites (tertiary alicyclic amines) is 1. The number of carbonyl (C=O) groups excluding carboxylic acids is 2. The van der Waals surface area contributed by atoms with E-state index in [0.29, 0.717) is 63.1 Å². The molecule has 4 aliphatic carbocycles. The lowest BCUT2D eigenvalue weighted by molar-refractivity contribution is -0.408. The first-order chi connectivity index (χ1) is 22.4. The van der Waals surface area contributed by atoms with Crippen LogP contribution in [0.25, 0.3) is 0 Å². The molecular weight excluding hydrogens is 613 g/mol. The van der Waals surface area contributed by atoms with Crippen LogP contribution in [-0.2, 0) is 9.53 Å². The molecule has 1 heterocycles. The number of carbonyl (C=O) groups is 2. The molecule has 5 aliphatic rings. The highest BCUT2D eigenvalue weighted by atomic mass is 19.4. The van der Waals surface area contributed by atoms with Crippen molar-refractivity contribution in [1.29, 1.82) is 0 Å². The second-order valence-electron chi connectivity index (χ2n) is 14.4. The molecule has 0 aromatic heterocycles. The summed E-state index contributed by atoms with van der Waals surface area (Å²) in [6.07, 6.45) is -5.33. The van der Waals surface area contributed by atoms with Crippen LogP contribution in [0, 0.1) is 17.3 Å². The van der Waals surface area contributed by atoms with Crippen LogP contribution >= 0.6 is 0 Å². The van der Waals surface area contributed by atoms with Gasteiger partial charge in [-0.05, 0) is 115 Å². The Kier molecular flexibility index (Phi) is 8.21. The number of ketones is 1. The number of alkyl halides is 5. The van der Waals surface area contributed by atoms with Crippen molar-refractivity contribution in [3.8, 4) is 0 Å². The Morgan fingerprint density at radius 1 is 0.851 bits per heavy atom. The molecule has 3 fully saturated rings. The molecule has 2 aromatic rings. The van der Waals surface area contributed by atoms with E-state index in [9.17, 15) is 31.5 Å². The van der Waals surface area contributed by atoms with Crippen molar-refractivity contribution < 1.29 is 36.3 Å². The van der Waals surface area contributed by atoms with Gasteiger partial charge in [0.15, 0.2) is 5.78 Å². The van der Waals surface area contributed by atoms with E-state index in [4.69, 9.17) is 4.74 Å². The molecule has 0 radical (unpaired) electrons. The number of ether oxygens (including phenoxy) is 1. The average Bonchev–Trinajstić information content (AvgIpc) is 3.38. The number of fused-ring (bicyclic) bond motifs is 4. The first-order valence-electron chi connectivity index (χ1n) is 16.9. The van der Waals surface area contributed by atoms with Gasteiger partial charge in [-0.1, -0.05) is 55.0 Å². The highest BCUT2D eigenvalue weighted by Crippen LogP contribution is 2.65. The van der Waals surface area contributed by atoms with E-state index in [0.717, 1.165) is 29.6 Å². The van der Waals surface area contributed by atoms with Crippen molar-refractivity contribution >= 4 is 11.7 Å². The van der Waals surface area contributed by atoms with Gasteiger partial charge in [0.05, 0.1) is 6.10 Å². The zero-order valence-corrected chi connectivity index (χ0v) is 26.5. The predicted molar refractivity (Wildman–Crippen MR) is 167 cm³/mol. The van der Waals surface area contributed by atoms with Gasteiger partial charge < -0.3 is 9.64 Å². The van der Waals surface area contributed by atoms with Gasteiger partial charge in [-0.15, -0.1) is 0 Å². The van der Waals surface area contributed by atoms with Gasteiger partial charge in [-0.3, -0.25) is 9.59 Å². The molecule has 1 saturated heterocycles. The Balaban J connectivity index is 1.17. The summed E-state index contributed by atoms with van der Waals surface area (Å²) in [4.78, 5) is 27.7. The van der Waals surface area contributed by atoms with Crippen LogP contribution < -0.4 is 0 Å². The van der Waals surface area contributed by atoms with E-state index in [1.165, 1.54) is 11.1 Å². The molecule has 0 spiro atoms. The second-order valence-corrected chi connectivity index (χ2v) is 14.4. The number of benzene rings is 2. The molecule has 2 saturated carbocycles. The first kappa shape index (κ1) is 32.2. The number of allylic oxidation sites excluding steroid dienone is 4. The molecule has 47 heavy (non-hydrogen) atoms. The highest BCUT2D eigenvalue weighted by Gasteiger charge is 2.65. The number of piperidine rings is 1. The molecule has 2 aromatic carbocycles. The normalized spacial score (nSPS) is 30.0. The van der Waals surface area contributed by atoms with Crippen LogP contribution in [-0.4, -0.2) is 48.1 Å². The van der Waals surface area contributed by atoms with Crippen LogP contribution in [0.4, 0.5) is 22.0 Å². The summed E-state index contributed by atoms with van der Waals surface area (Å²) in [7, 11) is 0. The largest absolute Gasteiger partial charge is 0.482 e. The third kappa shape index (κ3) is 5.76. The molecule has 250 valence electrons. The zero-order chi connectivity index (χ0) is 33.1. The molecule has 1 amide bonds. The van der Waals surface area contributed by atoms with Gasteiger partial charge in [-0.25, -0.2) is 0 Å². The maximum Gasteiger partial charge on any atom is 0.482 e. The summed E-state index contributed by atoms with van der Waals surface area (Å²) in [6.45, 7) is 3.15. The van der Waals surface area contributed by atoms with Gasteiger partial charge in [0.1, 0.15) is 0 Å². The predicted octanol–water partition coefficient (Wildman–Crippen LogP) is 9.15. The average molecular weight is 654 g/mol. The first-order valence-corrected chi connectivity index (χ1v) is 16.9. The van der Waals surface area contributed by atoms with E-state index < -0.39 is 23.8 Å². The lowest BCUT2D eigenvalue weighted by Crippen LogP contribution is -2.50. The molecular formula is C38H40F5NO3. The minimum absolute atomic E-state index is 0.000528. The van der Waals surface area contributed by atoms with Crippen LogP contribution in [0.2, 0.25) is 0 Å². The molecule has 7 rings (SSSR count). The summed E-state index contributed by atoms with van der Waals surface area (Å²) in [5.41, 5.74) is 5.24. The maximum atomic E-state index is 14.3. The maximum absolute atomic E-state index is 14.3. The number of hydrogen-bond acceptors (Lipinski definition) is 3. The van der Waals surface area contributed by atoms with Crippen LogP contribution in [0.3, 0.4) is 0 Å². The molecule has 9 heteroatoms. The second kappa shape index (κ2) is 12.0. The third-order valence-electron chi connectivity index (χ3n) is 11.9. The van der Waals surface area contributed by atoms with Gasteiger partial charge in [0, 0.05) is 31.0 Å². The minimum atomic E-state index is -5.79. The van der Waals surface area contributed by atoms with Crippen LogP contribution in [0.5, 0.6) is 0 Å². The van der Waals surface area contributed by atoms with Crippen LogP contribution in [0.15, 0.2) is 77.4 Å². The van der Waals surface area contributed by atoms with Gasteiger partial charge in [0.2, 0.25) is 0 Å². The van der Waals surface area contributed by atoms with E-state index in [1.54, 1.807) is 6.08 Å². The molecule has 1 aliphatic heterocycles. The Labute approximate surface area is 272 Å². The summed E-state index contributed by atoms with van der Waals surface area (Å²) < 4.78 is 73.0. The number of amides is 1. The van der Waals surface area contributed by atoms with Crippen molar-refractivity contribution in [2.24, 2.45) is 17.3 Å². The molecule has 5 unspecified atom stereocenters. The van der Waals surface area contributed by atoms with E-state index in [-0.39, 0.29) is 35.9 Å². The number of nitrogens with zero attached hydrogens (tertiary/aromatic N) is 1. The fraction of sp³-hybridized carbons (Fsp3) is 0.526. The SMILES string of the molecule is CC12CC(c3ccc(C(=O)N4CCC(c5ccccc5)CC4)cc3)C3=C4CCC(=O)C=C4CCC3C1CCC2OC(F)(F)C(F)(F)F. The van der Waals surface area contributed by atoms with Crippen LogP contribution in [0.1, 0.15) is 98.0 Å². The Bertz CT molecular complexity index is 1590. The van der Waals surface area contributed by atoms with Crippen molar-refractivity contribution in [1.82, 2.24) is 4.90 Å². The number of hydrogen-bond donors (Lipinski definition) is 0. The fourth-order valence-corrected chi connectivity index (χ4v) is 9.53. The molecule has 5 atom stereocenters. The number of rotatable bonds is 5. The molecule has 0 N–H and O–H groups in total. The molecule has 0 bridgehead atoms. The lowest BCUT2D eigenvalue weighted by Gasteiger charge is -2.52. The summed E-state index contributed by atoms with van der Waals surface area (Å²) in [5, 5.41) is 0. The smallest absolute Gasteiger partial charge is 0.339 e. The third-order valence-corrected chi connectivity index (χ3v) is 11.9. The van der Waals surface area contributed by atoms with Crippen molar-refractivity contribution in [2.75, 3.05) is 13.1 Å². The van der Waals surface area contributed by atoms with Gasteiger partial charge in [0.25, 0.3) is 5.91 Å². The summed E-state index contributed by atoms with van der Waals surface area (Å²) in [5.74, 6) is 0.132. The lowest BCUT2D eigenvalue weighted by atomic mass is 9.53. The summed E-state index contributed by atoms with van der Waals surface area (Å²) >= 11 is 0. The Morgan fingerprint density at radius 3 is 2.23 bits per heavy atom. The fourth-order valence-electron chi connectivity index (χ4n) is 9.53. The van der Waals surface area contributed by atoms with Gasteiger partial charge >= 0.3 is 12.3 Å². The monoisotopic (exact) mass is 653 g/mol. The Hall–Kier alpha value is -3.33. The number of halogens is 5. The van der Waals surface area contributed by atoms with Crippen molar-refractivity contribution in [3.63, 3.8) is 0 Å². The quantitative estimate of drug-likeness (QED) is 0.303. The van der Waals surface area contributed by atoms with E-state index in [1.807, 2.05) is 54.3 Å². The zero-order valence-electron chi connectivity index (χ0n) is 26.5. The standard InChI is InChI=1S/C38H40F5NO3/c1-36-22-31(25-7-9-26(10-8-25)35(46)44-19-17-24(18-20-44)23-5-3-2-4-6-23)34-29-14-12-28(45)21-27(29)11-13-30(34)32(36)15-16-33(36)47-38(42,43)37(39,40)41/h2-10,21,24,30-33H,11-20,22H2,1H3. The van der Waals surface area contributed by atoms with E-state index in [2.05, 4.69) is 12.1 Å². The van der Waals surface area contributed by atoms with Crippen molar-refractivity contribution in [3.05, 3.63) is 94.1 Å². The van der Waals surface area contributed by atoms with E-state index >= 15 is 0 Å². The topological polar surface area (TPSA) is 46.6 Å². The van der Waals surface area contributed by atoms with Gasteiger partial charge in [-0.2, -0.15) is 22.0 Å². The van der Waals surface area contributed by atoms with Crippen molar-refractivity contribution in [2.45, 2.75) is 94.9 Å². The highest BCUT2D eigenvalue weighted by molar-refractivity contribution is 5.94.